The number of amides is 2. The fourth-order valence-corrected chi connectivity index (χ4v) is 3.04. The highest BCUT2D eigenvalue weighted by molar-refractivity contribution is 6.36. The summed E-state index contributed by atoms with van der Waals surface area (Å²) in [6, 6.07) is 10.6. The number of hydrogen-bond donors (Lipinski definition) is 2. The molecule has 0 fully saturated rings. The predicted octanol–water partition coefficient (Wildman–Crippen LogP) is 3.75. The molecule has 2 N–H and O–H groups in total. The zero-order valence-corrected chi connectivity index (χ0v) is 16.4. The number of ether oxygens (including phenoxy) is 2. The van der Waals surface area contributed by atoms with E-state index in [1.807, 2.05) is 26.0 Å². The summed E-state index contributed by atoms with van der Waals surface area (Å²) < 4.78 is 11.2. The van der Waals surface area contributed by atoms with E-state index < -0.39 is 0 Å². The molecule has 2 amide bonds. The lowest BCUT2D eigenvalue weighted by Crippen LogP contribution is -2.28. The molecule has 0 bridgehead atoms. The van der Waals surface area contributed by atoms with Crippen molar-refractivity contribution in [2.24, 2.45) is 0 Å². The molecule has 0 spiro atoms. The summed E-state index contributed by atoms with van der Waals surface area (Å²) in [5.74, 6) is 0.593. The van der Waals surface area contributed by atoms with Gasteiger partial charge in [0.25, 0.3) is 11.8 Å². The first kappa shape index (κ1) is 19.8. The number of anilines is 1. The van der Waals surface area contributed by atoms with Gasteiger partial charge in [-0.3, -0.25) is 9.59 Å². The molecule has 0 saturated heterocycles. The lowest BCUT2D eigenvalue weighted by Gasteiger charge is -2.12. The summed E-state index contributed by atoms with van der Waals surface area (Å²) in [6.07, 6.45) is 1.78. The molecular weight excluding hydrogens is 380 g/mol. The third kappa shape index (κ3) is 4.46. The van der Waals surface area contributed by atoms with E-state index in [2.05, 4.69) is 10.6 Å². The van der Waals surface area contributed by atoms with Crippen LogP contribution in [0.4, 0.5) is 5.69 Å². The van der Waals surface area contributed by atoms with Crippen molar-refractivity contribution in [2.45, 2.75) is 13.8 Å². The second-order valence-electron chi connectivity index (χ2n) is 6.08. The maximum Gasteiger partial charge on any atom is 0.257 e. The van der Waals surface area contributed by atoms with Crippen LogP contribution in [0.3, 0.4) is 0 Å². The van der Waals surface area contributed by atoms with Gasteiger partial charge in [0.05, 0.1) is 12.3 Å². The zero-order valence-electron chi connectivity index (χ0n) is 15.7. The second-order valence-corrected chi connectivity index (χ2v) is 6.52. The highest BCUT2D eigenvalue weighted by atomic mass is 35.5. The molecule has 146 valence electrons. The van der Waals surface area contributed by atoms with E-state index in [0.717, 1.165) is 11.1 Å². The Bertz CT molecular complexity index is 940. The van der Waals surface area contributed by atoms with Crippen molar-refractivity contribution in [1.82, 2.24) is 5.32 Å². The standard InChI is InChI=1S/C21H21ClN2O4/c1-3-23-20(25)12-28-18-8-5-13(10-19(18)27-4-2)9-16-15-7-6-14(22)11-17(15)24-21(16)26/h5-11H,3-4,12H2,1-2H3,(H,23,25)(H,24,26). The summed E-state index contributed by atoms with van der Waals surface area (Å²) in [7, 11) is 0. The molecule has 1 heterocycles. The third-order valence-corrected chi connectivity index (χ3v) is 4.31. The van der Waals surface area contributed by atoms with Crippen molar-refractivity contribution in [3.05, 3.63) is 52.5 Å². The number of hydrogen-bond acceptors (Lipinski definition) is 4. The van der Waals surface area contributed by atoms with Gasteiger partial charge in [0.2, 0.25) is 0 Å². The lowest BCUT2D eigenvalue weighted by molar-refractivity contribution is -0.123. The Morgan fingerprint density at radius 2 is 1.96 bits per heavy atom. The molecule has 0 aliphatic carbocycles. The van der Waals surface area contributed by atoms with Gasteiger partial charge < -0.3 is 20.1 Å². The molecule has 28 heavy (non-hydrogen) atoms. The normalized spacial score (nSPS) is 13.8. The predicted molar refractivity (Wildman–Crippen MR) is 110 cm³/mol. The van der Waals surface area contributed by atoms with Crippen molar-refractivity contribution in [1.29, 1.82) is 0 Å². The molecule has 6 nitrogen and oxygen atoms in total. The number of halogens is 1. The van der Waals surface area contributed by atoms with Gasteiger partial charge in [-0.2, -0.15) is 0 Å². The number of likely N-dealkylation sites (N-methyl/N-ethyl adjacent to an activating group) is 1. The second kappa shape index (κ2) is 8.80. The number of nitrogens with one attached hydrogen (secondary N) is 2. The Morgan fingerprint density at radius 3 is 2.71 bits per heavy atom. The first-order chi connectivity index (χ1) is 13.5. The molecule has 0 radical (unpaired) electrons. The van der Waals surface area contributed by atoms with Gasteiger partial charge >= 0.3 is 0 Å². The van der Waals surface area contributed by atoms with Crippen LogP contribution < -0.4 is 20.1 Å². The van der Waals surface area contributed by atoms with E-state index in [-0.39, 0.29) is 18.4 Å². The summed E-state index contributed by atoms with van der Waals surface area (Å²) in [6.45, 7) is 4.60. The first-order valence-corrected chi connectivity index (χ1v) is 9.39. The van der Waals surface area contributed by atoms with Crippen molar-refractivity contribution in [2.75, 3.05) is 25.1 Å². The maximum atomic E-state index is 12.3. The average Bonchev–Trinajstić information content (AvgIpc) is 2.96. The minimum atomic E-state index is -0.200. The van der Waals surface area contributed by atoms with Crippen LogP contribution in [0.5, 0.6) is 11.5 Å². The van der Waals surface area contributed by atoms with Gasteiger partial charge in [-0.15, -0.1) is 0 Å². The van der Waals surface area contributed by atoms with Gasteiger partial charge in [0.1, 0.15) is 0 Å². The SMILES string of the molecule is CCNC(=O)COc1ccc(C=C2C(=O)Nc3cc(Cl)ccc32)cc1OCC. The minimum Gasteiger partial charge on any atom is -0.490 e. The Labute approximate surface area is 168 Å². The molecule has 1 aliphatic rings. The monoisotopic (exact) mass is 400 g/mol. The highest BCUT2D eigenvalue weighted by Crippen LogP contribution is 2.36. The first-order valence-electron chi connectivity index (χ1n) is 9.01. The molecule has 0 aromatic heterocycles. The van der Waals surface area contributed by atoms with Crippen molar-refractivity contribution < 1.29 is 19.1 Å². The quantitative estimate of drug-likeness (QED) is 0.694. The van der Waals surface area contributed by atoms with Crippen LogP contribution in [0, 0.1) is 0 Å². The number of rotatable bonds is 7. The van der Waals surface area contributed by atoms with E-state index >= 15 is 0 Å². The molecule has 3 rings (SSSR count). The van der Waals surface area contributed by atoms with Crippen molar-refractivity contribution in [3.63, 3.8) is 0 Å². The Kier molecular flexibility index (Phi) is 6.21. The summed E-state index contributed by atoms with van der Waals surface area (Å²) in [5, 5.41) is 6.05. The zero-order chi connectivity index (χ0) is 20.1. The fraction of sp³-hybridized carbons (Fsp3) is 0.238. The van der Waals surface area contributed by atoms with Crippen molar-refractivity contribution >= 4 is 40.8 Å². The topological polar surface area (TPSA) is 76.7 Å². The number of carbonyl (C=O) groups is 2. The largest absolute Gasteiger partial charge is 0.490 e. The Hall–Kier alpha value is -2.99. The van der Waals surface area contributed by atoms with Gasteiger partial charge in [0.15, 0.2) is 18.1 Å². The van der Waals surface area contributed by atoms with E-state index in [4.69, 9.17) is 21.1 Å². The summed E-state index contributed by atoms with van der Waals surface area (Å²) in [5.41, 5.74) is 2.81. The van der Waals surface area contributed by atoms with Crippen LogP contribution in [0.25, 0.3) is 11.6 Å². The Morgan fingerprint density at radius 1 is 1.14 bits per heavy atom. The third-order valence-electron chi connectivity index (χ3n) is 4.08. The summed E-state index contributed by atoms with van der Waals surface area (Å²) >= 11 is 5.99. The van der Waals surface area contributed by atoms with Gasteiger partial charge in [0, 0.05) is 22.7 Å². The van der Waals surface area contributed by atoms with Crippen molar-refractivity contribution in [3.8, 4) is 11.5 Å². The average molecular weight is 401 g/mol. The molecule has 0 unspecified atom stereocenters. The van der Waals surface area contributed by atoms with Gasteiger partial charge in [-0.05, 0) is 49.8 Å². The van der Waals surface area contributed by atoms with Gasteiger partial charge in [-0.25, -0.2) is 0 Å². The molecule has 0 saturated carbocycles. The number of fused-ring (bicyclic) bond motifs is 1. The highest BCUT2D eigenvalue weighted by Gasteiger charge is 2.24. The Balaban J connectivity index is 1.87. The molecule has 0 atom stereocenters. The number of benzene rings is 2. The summed E-state index contributed by atoms with van der Waals surface area (Å²) in [4.78, 5) is 24.0. The van der Waals surface area contributed by atoms with Crippen LogP contribution in [-0.2, 0) is 9.59 Å². The van der Waals surface area contributed by atoms with Crippen LogP contribution in [0.15, 0.2) is 36.4 Å². The lowest BCUT2D eigenvalue weighted by atomic mass is 10.0. The maximum absolute atomic E-state index is 12.3. The molecule has 1 aliphatic heterocycles. The molecule has 7 heteroatoms. The fourth-order valence-electron chi connectivity index (χ4n) is 2.87. The molecular formula is C21H21ClN2O4. The van der Waals surface area contributed by atoms with E-state index in [1.165, 1.54) is 0 Å². The minimum absolute atomic E-state index is 0.0924. The van der Waals surface area contributed by atoms with Gasteiger partial charge in [-0.1, -0.05) is 23.7 Å². The van der Waals surface area contributed by atoms with Crippen LogP contribution in [-0.4, -0.2) is 31.6 Å². The van der Waals surface area contributed by atoms with E-state index in [0.29, 0.717) is 40.9 Å². The van der Waals surface area contributed by atoms with Crippen LogP contribution in [0.2, 0.25) is 5.02 Å². The number of carbonyl (C=O) groups excluding carboxylic acids is 2. The molecule has 2 aromatic rings. The van der Waals surface area contributed by atoms with Crippen LogP contribution in [0.1, 0.15) is 25.0 Å². The smallest absolute Gasteiger partial charge is 0.257 e. The van der Waals surface area contributed by atoms with E-state index in [1.54, 1.807) is 30.3 Å². The molecule has 2 aromatic carbocycles. The van der Waals surface area contributed by atoms with Crippen LogP contribution >= 0.6 is 11.6 Å². The van der Waals surface area contributed by atoms with E-state index in [9.17, 15) is 9.59 Å².